The lowest BCUT2D eigenvalue weighted by Gasteiger charge is -2.22. The van der Waals surface area contributed by atoms with Crippen LogP contribution < -0.4 is 19.1 Å². The predicted molar refractivity (Wildman–Crippen MR) is 80.9 cm³/mol. The van der Waals surface area contributed by atoms with Gasteiger partial charge in [-0.3, -0.25) is 14.3 Å². The number of rotatable bonds is 3. The average molecular weight is 340 g/mol. The van der Waals surface area contributed by atoms with Crippen LogP contribution in [0.25, 0.3) is 0 Å². The van der Waals surface area contributed by atoms with E-state index in [9.17, 15) is 18.0 Å². The smallest absolute Gasteiger partial charge is 0.238 e. The lowest BCUT2D eigenvalue weighted by molar-refractivity contribution is -0.124. The van der Waals surface area contributed by atoms with Crippen molar-refractivity contribution in [3.05, 3.63) is 18.2 Å². The summed E-state index contributed by atoms with van der Waals surface area (Å²) in [5.74, 6) is -0.453. The summed E-state index contributed by atoms with van der Waals surface area (Å²) < 4.78 is 35.1. The molecule has 8 nitrogen and oxygen atoms in total. The summed E-state index contributed by atoms with van der Waals surface area (Å²) in [6.07, 6.45) is 0.871. The van der Waals surface area contributed by atoms with Crippen molar-refractivity contribution in [2.24, 2.45) is 5.92 Å². The Morgan fingerprint density at radius 2 is 1.96 bits per heavy atom. The molecule has 23 heavy (non-hydrogen) atoms. The summed E-state index contributed by atoms with van der Waals surface area (Å²) >= 11 is 0. The highest BCUT2D eigenvalue weighted by molar-refractivity contribution is 7.89. The zero-order valence-corrected chi connectivity index (χ0v) is 13.3. The van der Waals surface area contributed by atoms with Crippen molar-refractivity contribution >= 4 is 27.5 Å². The summed E-state index contributed by atoms with van der Waals surface area (Å²) in [6.45, 7) is 1.03. The Kier molecular flexibility index (Phi) is 3.88. The normalized spacial score (nSPS) is 20.5. The number of hydrogen-bond donors (Lipinski definition) is 1. The van der Waals surface area contributed by atoms with E-state index >= 15 is 0 Å². The molecule has 2 aliphatic rings. The molecule has 2 amide bonds. The van der Waals surface area contributed by atoms with E-state index in [2.05, 4.69) is 0 Å². The Bertz CT molecular complexity index is 761. The second kappa shape index (κ2) is 5.73. The van der Waals surface area contributed by atoms with Crippen LogP contribution in [0.5, 0.6) is 11.5 Å². The van der Waals surface area contributed by atoms with Crippen LogP contribution in [-0.4, -0.2) is 46.2 Å². The molecule has 9 heteroatoms. The van der Waals surface area contributed by atoms with Gasteiger partial charge in [-0.25, -0.2) is 8.42 Å². The van der Waals surface area contributed by atoms with Gasteiger partial charge in [0.1, 0.15) is 13.2 Å². The first-order valence-corrected chi connectivity index (χ1v) is 8.94. The van der Waals surface area contributed by atoms with Crippen molar-refractivity contribution < 1.29 is 27.5 Å². The Morgan fingerprint density at radius 3 is 2.65 bits per heavy atom. The molecule has 2 aliphatic heterocycles. The fourth-order valence-electron chi connectivity index (χ4n) is 2.60. The molecule has 0 bridgehead atoms. The molecule has 1 saturated heterocycles. The van der Waals surface area contributed by atoms with E-state index in [4.69, 9.17) is 9.47 Å². The Labute approximate surface area is 133 Å². The minimum atomic E-state index is -3.64. The van der Waals surface area contributed by atoms with Crippen molar-refractivity contribution in [3.8, 4) is 11.5 Å². The largest absolute Gasteiger partial charge is 0.486 e. The first kappa shape index (κ1) is 15.6. The number of nitrogens with one attached hydrogen (secondary N) is 1. The molecule has 1 fully saturated rings. The van der Waals surface area contributed by atoms with Gasteiger partial charge in [-0.2, -0.15) is 0 Å². The Morgan fingerprint density at radius 1 is 1.26 bits per heavy atom. The van der Waals surface area contributed by atoms with E-state index < -0.39 is 21.8 Å². The molecule has 1 atom stereocenters. The molecule has 0 aliphatic carbocycles. The van der Waals surface area contributed by atoms with Crippen molar-refractivity contribution in [1.82, 2.24) is 4.72 Å². The standard InChI is InChI=1S/C14H16N2O6S/c1-23(19,20)15-14(18)9-6-13(17)16(8-9)10-2-3-11-12(7-10)22-5-4-21-11/h2-3,7,9H,4-6,8H2,1H3,(H,15,18)/t9-/m0/s1. The monoisotopic (exact) mass is 340 g/mol. The van der Waals surface area contributed by atoms with Crippen LogP contribution in [0.1, 0.15) is 6.42 Å². The third-order valence-electron chi connectivity index (χ3n) is 3.62. The Hall–Kier alpha value is -2.29. The quantitative estimate of drug-likeness (QED) is 0.823. The summed E-state index contributed by atoms with van der Waals surface area (Å²) in [7, 11) is -3.64. The van der Waals surface area contributed by atoms with Crippen molar-refractivity contribution in [3.63, 3.8) is 0 Å². The van der Waals surface area contributed by atoms with E-state index in [1.807, 2.05) is 4.72 Å². The summed E-state index contributed by atoms with van der Waals surface area (Å²) in [4.78, 5) is 25.5. The minimum Gasteiger partial charge on any atom is -0.486 e. The van der Waals surface area contributed by atoms with Crippen LogP contribution in [0, 0.1) is 5.92 Å². The minimum absolute atomic E-state index is 0.0319. The molecular formula is C14H16N2O6S. The average Bonchev–Trinajstić information content (AvgIpc) is 2.87. The molecular weight excluding hydrogens is 324 g/mol. The highest BCUT2D eigenvalue weighted by atomic mass is 32.2. The number of benzene rings is 1. The fraction of sp³-hybridized carbons (Fsp3) is 0.429. The zero-order valence-electron chi connectivity index (χ0n) is 12.4. The molecule has 0 radical (unpaired) electrons. The number of ether oxygens (including phenoxy) is 2. The topological polar surface area (TPSA) is 102 Å². The van der Waals surface area contributed by atoms with Gasteiger partial charge in [0, 0.05) is 24.7 Å². The van der Waals surface area contributed by atoms with Crippen LogP contribution in [0.15, 0.2) is 18.2 Å². The van der Waals surface area contributed by atoms with Crippen molar-refractivity contribution in [2.75, 3.05) is 30.9 Å². The number of hydrogen-bond acceptors (Lipinski definition) is 6. The highest BCUT2D eigenvalue weighted by Crippen LogP contribution is 2.35. The van der Waals surface area contributed by atoms with Crippen LogP contribution in [0.4, 0.5) is 5.69 Å². The van der Waals surface area contributed by atoms with Gasteiger partial charge in [0.2, 0.25) is 21.8 Å². The summed E-state index contributed by atoms with van der Waals surface area (Å²) in [5, 5.41) is 0. The maximum atomic E-state index is 12.1. The van der Waals surface area contributed by atoms with Crippen LogP contribution in [0.2, 0.25) is 0 Å². The summed E-state index contributed by atoms with van der Waals surface area (Å²) in [6, 6.07) is 5.10. The van der Waals surface area contributed by atoms with Crippen molar-refractivity contribution in [1.29, 1.82) is 0 Å². The van der Waals surface area contributed by atoms with E-state index in [1.54, 1.807) is 18.2 Å². The van der Waals surface area contributed by atoms with Crippen molar-refractivity contribution in [2.45, 2.75) is 6.42 Å². The van der Waals surface area contributed by atoms with Gasteiger partial charge in [0.25, 0.3) is 0 Å². The van der Waals surface area contributed by atoms with E-state index in [1.165, 1.54) is 4.90 Å². The molecule has 0 unspecified atom stereocenters. The molecule has 0 saturated carbocycles. The SMILES string of the molecule is CS(=O)(=O)NC(=O)[C@H]1CC(=O)N(c2ccc3c(c2)OCCO3)C1. The van der Waals surface area contributed by atoms with E-state index in [0.717, 1.165) is 6.26 Å². The van der Waals surface area contributed by atoms with E-state index in [-0.39, 0.29) is 18.9 Å². The predicted octanol–water partition coefficient (Wildman–Crippen LogP) is -0.113. The number of nitrogens with zero attached hydrogens (tertiary/aromatic N) is 1. The fourth-order valence-corrected chi connectivity index (χ4v) is 3.13. The third-order valence-corrected chi connectivity index (χ3v) is 4.19. The third kappa shape index (κ3) is 3.39. The number of anilines is 1. The number of fused-ring (bicyclic) bond motifs is 1. The van der Waals surface area contributed by atoms with Gasteiger partial charge in [-0.05, 0) is 12.1 Å². The van der Waals surface area contributed by atoms with Gasteiger partial charge < -0.3 is 14.4 Å². The second-order valence-corrected chi connectivity index (χ2v) is 7.22. The number of carbonyl (C=O) groups excluding carboxylic acids is 2. The van der Waals surface area contributed by atoms with Gasteiger partial charge in [0.05, 0.1) is 12.2 Å². The number of sulfonamides is 1. The van der Waals surface area contributed by atoms with Gasteiger partial charge in [0.15, 0.2) is 11.5 Å². The summed E-state index contributed by atoms with van der Waals surface area (Å²) in [5.41, 5.74) is 0.592. The molecule has 1 aromatic rings. The van der Waals surface area contributed by atoms with Gasteiger partial charge in [-0.15, -0.1) is 0 Å². The molecule has 1 N–H and O–H groups in total. The maximum Gasteiger partial charge on any atom is 0.238 e. The highest BCUT2D eigenvalue weighted by Gasteiger charge is 2.36. The first-order valence-electron chi connectivity index (χ1n) is 7.05. The Balaban J connectivity index is 1.77. The van der Waals surface area contributed by atoms with E-state index in [0.29, 0.717) is 30.4 Å². The maximum absolute atomic E-state index is 12.1. The number of amides is 2. The molecule has 124 valence electrons. The number of carbonyl (C=O) groups is 2. The van der Waals surface area contributed by atoms with Crippen LogP contribution in [-0.2, 0) is 19.6 Å². The molecule has 2 heterocycles. The zero-order chi connectivity index (χ0) is 16.6. The molecule has 3 rings (SSSR count). The second-order valence-electron chi connectivity index (χ2n) is 5.47. The van der Waals surface area contributed by atoms with Gasteiger partial charge in [-0.1, -0.05) is 0 Å². The first-order chi connectivity index (χ1) is 10.8. The molecule has 1 aromatic carbocycles. The lowest BCUT2D eigenvalue weighted by atomic mass is 10.1. The van der Waals surface area contributed by atoms with Crippen LogP contribution in [0.3, 0.4) is 0 Å². The molecule has 0 aromatic heterocycles. The van der Waals surface area contributed by atoms with Gasteiger partial charge >= 0.3 is 0 Å². The molecule has 0 spiro atoms. The lowest BCUT2D eigenvalue weighted by Crippen LogP contribution is -2.36. The van der Waals surface area contributed by atoms with Crippen LogP contribution >= 0.6 is 0 Å².